The molecule has 0 aliphatic carbocycles. The second-order valence-corrected chi connectivity index (χ2v) is 7.76. The summed E-state index contributed by atoms with van der Waals surface area (Å²) in [6.07, 6.45) is 0. The van der Waals surface area contributed by atoms with Crippen LogP contribution in [0.2, 0.25) is 5.02 Å². The van der Waals surface area contributed by atoms with Gasteiger partial charge >= 0.3 is 0 Å². The van der Waals surface area contributed by atoms with Crippen LogP contribution in [0.5, 0.6) is 0 Å². The van der Waals surface area contributed by atoms with E-state index < -0.39 is 34.2 Å². The Balaban J connectivity index is 1.76. The molecule has 4 rings (SSSR count). The molecule has 0 saturated carbocycles. The molecule has 0 fully saturated rings. The lowest BCUT2D eigenvalue weighted by Gasteiger charge is -2.12. The average Bonchev–Trinajstić information content (AvgIpc) is 3.16. The van der Waals surface area contributed by atoms with Crippen molar-refractivity contribution in [3.63, 3.8) is 0 Å². The van der Waals surface area contributed by atoms with Gasteiger partial charge in [-0.1, -0.05) is 11.6 Å². The molecule has 1 amide bonds. The van der Waals surface area contributed by atoms with E-state index in [4.69, 9.17) is 16.0 Å². The molecule has 0 atom stereocenters. The monoisotopic (exact) mass is 512 g/mol. The van der Waals surface area contributed by atoms with E-state index in [1.165, 1.54) is 12.1 Å². The molecular formula is C21H10BrClF4N2O2. The molecule has 3 aromatic carbocycles. The number of hydrogen-bond donors (Lipinski definition) is 1. The Labute approximate surface area is 186 Å². The molecule has 4 aromatic rings. The van der Waals surface area contributed by atoms with Gasteiger partial charge in [-0.25, -0.2) is 22.5 Å². The van der Waals surface area contributed by atoms with Crippen LogP contribution >= 0.6 is 27.5 Å². The number of aromatic nitrogens is 1. The van der Waals surface area contributed by atoms with Gasteiger partial charge in [0.2, 0.25) is 5.89 Å². The minimum absolute atomic E-state index is 0.0182. The number of rotatable bonds is 3. The van der Waals surface area contributed by atoms with E-state index in [0.717, 1.165) is 24.3 Å². The van der Waals surface area contributed by atoms with Crippen molar-refractivity contribution >= 4 is 50.2 Å². The number of anilines is 1. The summed E-state index contributed by atoms with van der Waals surface area (Å²) in [5, 5.41) is 1.71. The number of hydrogen-bond acceptors (Lipinski definition) is 3. The first-order valence-electron chi connectivity index (χ1n) is 8.67. The maximum Gasteiger partial charge on any atom is 0.257 e. The number of oxazole rings is 1. The quantitative estimate of drug-likeness (QED) is 0.236. The Morgan fingerprint density at radius 3 is 2.58 bits per heavy atom. The highest BCUT2D eigenvalue weighted by atomic mass is 79.9. The summed E-state index contributed by atoms with van der Waals surface area (Å²) in [5.41, 5.74) is 0.299. The van der Waals surface area contributed by atoms with Gasteiger partial charge in [0.15, 0.2) is 23.0 Å². The van der Waals surface area contributed by atoms with Crippen molar-refractivity contribution in [1.82, 2.24) is 4.98 Å². The maximum absolute atomic E-state index is 14.3. The summed E-state index contributed by atoms with van der Waals surface area (Å²) >= 11 is 8.77. The number of carbonyl (C=O) groups is 1. The van der Waals surface area contributed by atoms with E-state index in [0.29, 0.717) is 5.56 Å². The fourth-order valence-corrected chi connectivity index (χ4v) is 3.52. The molecule has 31 heavy (non-hydrogen) atoms. The van der Waals surface area contributed by atoms with Crippen molar-refractivity contribution < 1.29 is 26.8 Å². The number of nitrogens with one attached hydrogen (secondary N) is 1. The molecule has 4 nitrogen and oxygen atoms in total. The third-order valence-corrected chi connectivity index (χ3v) is 5.56. The molecule has 0 aliphatic heterocycles. The van der Waals surface area contributed by atoms with Gasteiger partial charge in [0.05, 0.1) is 15.1 Å². The van der Waals surface area contributed by atoms with Crippen molar-refractivity contribution in [1.29, 1.82) is 0 Å². The standard InChI is InChI=1S/C21H10BrClF4N2O2/c1-8-11(21-29-14-5-3-12(22)17(26)19(14)31-21)6-9(24)7-15(8)28-20(30)10-2-4-13(25)18(27)16(10)23/h2-7H,1H3,(H,28,30). The van der Waals surface area contributed by atoms with Crippen LogP contribution in [0.15, 0.2) is 45.3 Å². The predicted octanol–water partition coefficient (Wildman–Crippen LogP) is 7.03. The Bertz CT molecular complexity index is 1370. The van der Waals surface area contributed by atoms with Crippen LogP contribution in [0.4, 0.5) is 23.2 Å². The normalized spacial score (nSPS) is 11.2. The fraction of sp³-hybridized carbons (Fsp3) is 0.0476. The molecule has 1 heterocycles. The summed E-state index contributed by atoms with van der Waals surface area (Å²) in [7, 11) is 0. The molecule has 0 aliphatic rings. The molecule has 158 valence electrons. The summed E-state index contributed by atoms with van der Waals surface area (Å²) in [6.45, 7) is 1.55. The molecule has 0 saturated heterocycles. The number of carbonyl (C=O) groups excluding carboxylic acids is 1. The van der Waals surface area contributed by atoms with Gasteiger partial charge in [0.25, 0.3) is 5.91 Å². The van der Waals surface area contributed by atoms with E-state index in [1.54, 1.807) is 6.92 Å². The zero-order valence-corrected chi connectivity index (χ0v) is 17.8. The molecule has 10 heteroatoms. The Morgan fingerprint density at radius 2 is 1.84 bits per heavy atom. The Hall–Kier alpha value is -2.91. The molecule has 1 aromatic heterocycles. The SMILES string of the molecule is Cc1c(NC(=O)c2ccc(F)c(F)c2Cl)cc(F)cc1-c1nc2ccc(Br)c(F)c2o1. The van der Waals surface area contributed by atoms with E-state index in [-0.39, 0.29) is 38.3 Å². The minimum atomic E-state index is -1.37. The van der Waals surface area contributed by atoms with Crippen molar-refractivity contribution in [2.24, 2.45) is 0 Å². The molecule has 0 bridgehead atoms. The van der Waals surface area contributed by atoms with Crippen LogP contribution in [0.25, 0.3) is 22.6 Å². The van der Waals surface area contributed by atoms with Crippen molar-refractivity contribution in [3.05, 3.63) is 80.3 Å². The van der Waals surface area contributed by atoms with Gasteiger partial charge in [0.1, 0.15) is 11.3 Å². The topological polar surface area (TPSA) is 55.1 Å². The first-order valence-corrected chi connectivity index (χ1v) is 9.84. The molecular weight excluding hydrogens is 504 g/mol. The molecule has 0 spiro atoms. The molecule has 0 unspecified atom stereocenters. The number of halogens is 6. The molecule has 1 N–H and O–H groups in total. The lowest BCUT2D eigenvalue weighted by Crippen LogP contribution is -2.14. The fourth-order valence-electron chi connectivity index (χ4n) is 2.97. The van der Waals surface area contributed by atoms with E-state index >= 15 is 0 Å². The van der Waals surface area contributed by atoms with Gasteiger partial charge in [0, 0.05) is 11.3 Å². The van der Waals surface area contributed by atoms with Crippen molar-refractivity contribution in [2.45, 2.75) is 6.92 Å². The Morgan fingerprint density at radius 1 is 1.10 bits per heavy atom. The maximum atomic E-state index is 14.3. The summed E-state index contributed by atoms with van der Waals surface area (Å²) in [6, 6.07) is 6.90. The smallest absolute Gasteiger partial charge is 0.257 e. The van der Waals surface area contributed by atoms with Gasteiger partial charge in [-0.3, -0.25) is 4.79 Å². The number of benzene rings is 3. The first-order chi connectivity index (χ1) is 14.7. The predicted molar refractivity (Wildman–Crippen MR) is 111 cm³/mol. The Kier molecular flexibility index (Phi) is 5.49. The van der Waals surface area contributed by atoms with Crippen molar-refractivity contribution in [2.75, 3.05) is 5.32 Å². The average molecular weight is 514 g/mol. The highest BCUT2D eigenvalue weighted by Crippen LogP contribution is 2.34. The van der Waals surface area contributed by atoms with Gasteiger partial charge in [-0.15, -0.1) is 0 Å². The lowest BCUT2D eigenvalue weighted by molar-refractivity contribution is 0.102. The third kappa shape index (κ3) is 3.79. The van der Waals surface area contributed by atoms with Gasteiger partial charge < -0.3 is 9.73 Å². The van der Waals surface area contributed by atoms with E-state index in [1.807, 2.05) is 0 Å². The zero-order chi connectivity index (χ0) is 22.4. The van der Waals surface area contributed by atoms with Crippen molar-refractivity contribution in [3.8, 4) is 11.5 Å². The second kappa shape index (κ2) is 7.97. The highest BCUT2D eigenvalue weighted by molar-refractivity contribution is 9.10. The summed E-state index contributed by atoms with van der Waals surface area (Å²) in [4.78, 5) is 16.7. The van der Waals surface area contributed by atoms with Crippen LogP contribution in [0.1, 0.15) is 15.9 Å². The van der Waals surface area contributed by atoms with Gasteiger partial charge in [-0.2, -0.15) is 0 Å². The number of fused-ring (bicyclic) bond motifs is 1. The van der Waals surface area contributed by atoms with E-state index in [2.05, 4.69) is 26.2 Å². The highest BCUT2D eigenvalue weighted by Gasteiger charge is 2.21. The largest absolute Gasteiger partial charge is 0.433 e. The van der Waals surface area contributed by atoms with Crippen LogP contribution < -0.4 is 5.32 Å². The second-order valence-electron chi connectivity index (χ2n) is 6.53. The summed E-state index contributed by atoms with van der Waals surface area (Å²) in [5.74, 6) is -4.92. The lowest BCUT2D eigenvalue weighted by atomic mass is 10.1. The molecule has 0 radical (unpaired) electrons. The first kappa shape index (κ1) is 21.3. The summed E-state index contributed by atoms with van der Waals surface area (Å²) < 4.78 is 61.2. The minimum Gasteiger partial charge on any atom is -0.433 e. The number of nitrogens with zero attached hydrogens (tertiary/aromatic N) is 1. The van der Waals surface area contributed by atoms with Crippen LogP contribution in [-0.2, 0) is 0 Å². The third-order valence-electron chi connectivity index (χ3n) is 4.58. The van der Waals surface area contributed by atoms with E-state index in [9.17, 15) is 22.4 Å². The van der Waals surface area contributed by atoms with Crippen LogP contribution in [0, 0.1) is 30.2 Å². The van der Waals surface area contributed by atoms with Gasteiger partial charge in [-0.05, 0) is 64.8 Å². The van der Waals surface area contributed by atoms with Crippen LogP contribution in [-0.4, -0.2) is 10.9 Å². The number of amides is 1. The van der Waals surface area contributed by atoms with Crippen LogP contribution in [0.3, 0.4) is 0 Å². The zero-order valence-electron chi connectivity index (χ0n) is 15.5.